The van der Waals surface area contributed by atoms with Gasteiger partial charge in [-0.3, -0.25) is 0 Å². The quantitative estimate of drug-likeness (QED) is 0.856. The zero-order valence-corrected chi connectivity index (χ0v) is 12.0. The molecule has 1 saturated heterocycles. The molecule has 0 spiro atoms. The zero-order valence-electron chi connectivity index (χ0n) is 12.0. The van der Waals surface area contributed by atoms with Crippen molar-refractivity contribution < 1.29 is 9.84 Å². The van der Waals surface area contributed by atoms with Gasteiger partial charge in [0.25, 0.3) is 0 Å². The molecule has 1 fully saturated rings. The van der Waals surface area contributed by atoms with Crippen LogP contribution in [0.1, 0.15) is 32.3 Å². The molecule has 2 N–H and O–H groups in total. The van der Waals surface area contributed by atoms with Crippen LogP contribution in [0.3, 0.4) is 0 Å². The fraction of sp³-hybridized carbons (Fsp3) is 0.625. The van der Waals surface area contributed by atoms with Crippen LogP contribution in [-0.2, 0) is 10.3 Å². The van der Waals surface area contributed by atoms with E-state index in [9.17, 15) is 5.11 Å². The number of hydrogen-bond donors (Lipinski definition) is 2. The normalized spacial score (nSPS) is 21.8. The lowest BCUT2D eigenvalue weighted by Gasteiger charge is -2.35. The second-order valence-corrected chi connectivity index (χ2v) is 6.17. The third kappa shape index (κ3) is 4.03. The minimum absolute atomic E-state index is 0.297. The highest BCUT2D eigenvalue weighted by molar-refractivity contribution is 5.21. The Kier molecular flexibility index (Phi) is 4.61. The summed E-state index contributed by atoms with van der Waals surface area (Å²) >= 11 is 0. The molecule has 1 atom stereocenters. The first-order chi connectivity index (χ1) is 9.02. The van der Waals surface area contributed by atoms with Crippen LogP contribution in [-0.4, -0.2) is 31.4 Å². The molecule has 1 aromatic carbocycles. The number of benzene rings is 1. The van der Waals surface area contributed by atoms with Crippen molar-refractivity contribution in [2.24, 2.45) is 5.41 Å². The second kappa shape index (κ2) is 6.04. The molecular formula is C16H25NO2. The molecule has 1 aliphatic heterocycles. The van der Waals surface area contributed by atoms with E-state index < -0.39 is 5.60 Å². The monoisotopic (exact) mass is 263 g/mol. The van der Waals surface area contributed by atoms with E-state index in [1.807, 2.05) is 37.3 Å². The van der Waals surface area contributed by atoms with Crippen molar-refractivity contribution in [3.63, 3.8) is 0 Å². The van der Waals surface area contributed by atoms with Gasteiger partial charge in [-0.15, -0.1) is 0 Å². The first-order valence-electron chi connectivity index (χ1n) is 7.08. The molecule has 1 aliphatic rings. The highest BCUT2D eigenvalue weighted by Crippen LogP contribution is 2.29. The maximum absolute atomic E-state index is 10.5. The van der Waals surface area contributed by atoms with Gasteiger partial charge in [0, 0.05) is 26.3 Å². The van der Waals surface area contributed by atoms with E-state index in [-0.39, 0.29) is 0 Å². The zero-order chi connectivity index (χ0) is 13.8. The van der Waals surface area contributed by atoms with Crippen LogP contribution in [0.4, 0.5) is 0 Å². The fourth-order valence-corrected chi connectivity index (χ4v) is 2.55. The van der Waals surface area contributed by atoms with Gasteiger partial charge in [-0.05, 0) is 30.7 Å². The predicted octanol–water partition coefficient (Wildman–Crippen LogP) is 2.30. The van der Waals surface area contributed by atoms with Crippen molar-refractivity contribution in [1.82, 2.24) is 5.32 Å². The Morgan fingerprint density at radius 2 is 1.89 bits per heavy atom. The summed E-state index contributed by atoms with van der Waals surface area (Å²) in [6.45, 7) is 7.37. The Bertz CT molecular complexity index is 383. The Morgan fingerprint density at radius 1 is 1.26 bits per heavy atom. The molecular weight excluding hydrogens is 238 g/mol. The van der Waals surface area contributed by atoms with Crippen LogP contribution >= 0.6 is 0 Å². The third-order valence-electron chi connectivity index (χ3n) is 4.12. The van der Waals surface area contributed by atoms with E-state index in [4.69, 9.17) is 4.74 Å². The predicted molar refractivity (Wildman–Crippen MR) is 77.0 cm³/mol. The van der Waals surface area contributed by atoms with Crippen molar-refractivity contribution in [2.75, 3.05) is 26.3 Å². The van der Waals surface area contributed by atoms with Gasteiger partial charge >= 0.3 is 0 Å². The summed E-state index contributed by atoms with van der Waals surface area (Å²) in [4.78, 5) is 0. The van der Waals surface area contributed by atoms with Gasteiger partial charge in [-0.25, -0.2) is 0 Å². The van der Waals surface area contributed by atoms with Gasteiger partial charge < -0.3 is 15.2 Å². The van der Waals surface area contributed by atoms with E-state index in [0.717, 1.165) is 38.2 Å². The molecule has 1 heterocycles. The van der Waals surface area contributed by atoms with E-state index >= 15 is 0 Å². The van der Waals surface area contributed by atoms with Gasteiger partial charge in [0.15, 0.2) is 0 Å². The molecule has 3 heteroatoms. The van der Waals surface area contributed by atoms with Crippen molar-refractivity contribution in [2.45, 2.75) is 32.3 Å². The number of hydrogen-bond acceptors (Lipinski definition) is 3. The molecule has 0 radical (unpaired) electrons. The standard InChI is InChI=1S/C16H25NO2/c1-15(8-10-19-11-9-15)12-17-13-16(2,18)14-6-4-3-5-7-14/h3-7,17-18H,8-13H2,1-2H3. The van der Waals surface area contributed by atoms with Crippen LogP contribution < -0.4 is 5.32 Å². The van der Waals surface area contributed by atoms with E-state index in [1.54, 1.807) is 0 Å². The summed E-state index contributed by atoms with van der Waals surface area (Å²) in [5, 5.41) is 13.9. The molecule has 2 rings (SSSR count). The van der Waals surface area contributed by atoms with Crippen LogP contribution in [0.5, 0.6) is 0 Å². The highest BCUT2D eigenvalue weighted by Gasteiger charge is 2.29. The van der Waals surface area contributed by atoms with Crippen molar-refractivity contribution in [3.05, 3.63) is 35.9 Å². The van der Waals surface area contributed by atoms with Gasteiger partial charge in [-0.2, -0.15) is 0 Å². The summed E-state index contributed by atoms with van der Waals surface area (Å²) in [7, 11) is 0. The van der Waals surface area contributed by atoms with Gasteiger partial charge in [0.05, 0.1) is 5.60 Å². The molecule has 1 aromatic rings. The summed E-state index contributed by atoms with van der Waals surface area (Å²) in [6.07, 6.45) is 2.18. The van der Waals surface area contributed by atoms with E-state index in [1.165, 1.54) is 0 Å². The average molecular weight is 263 g/mol. The average Bonchev–Trinajstić information content (AvgIpc) is 2.40. The molecule has 0 bridgehead atoms. The minimum atomic E-state index is -0.817. The van der Waals surface area contributed by atoms with Crippen molar-refractivity contribution in [3.8, 4) is 0 Å². The number of nitrogens with one attached hydrogen (secondary N) is 1. The third-order valence-corrected chi connectivity index (χ3v) is 4.12. The maximum Gasteiger partial charge on any atom is 0.0992 e. The molecule has 1 unspecified atom stereocenters. The summed E-state index contributed by atoms with van der Waals surface area (Å²) in [5.74, 6) is 0. The molecule has 0 saturated carbocycles. The van der Waals surface area contributed by atoms with Gasteiger partial charge in [0.2, 0.25) is 0 Å². The highest BCUT2D eigenvalue weighted by atomic mass is 16.5. The number of ether oxygens (including phenoxy) is 1. The lowest BCUT2D eigenvalue weighted by atomic mass is 9.82. The number of rotatable bonds is 5. The molecule has 0 aromatic heterocycles. The lowest BCUT2D eigenvalue weighted by Crippen LogP contribution is -2.42. The Balaban J connectivity index is 1.84. The topological polar surface area (TPSA) is 41.5 Å². The first kappa shape index (κ1) is 14.5. The van der Waals surface area contributed by atoms with Gasteiger partial charge in [-0.1, -0.05) is 37.3 Å². The first-order valence-corrected chi connectivity index (χ1v) is 7.08. The molecule has 19 heavy (non-hydrogen) atoms. The molecule has 0 amide bonds. The maximum atomic E-state index is 10.5. The van der Waals surface area contributed by atoms with Gasteiger partial charge in [0.1, 0.15) is 0 Å². The number of aliphatic hydroxyl groups is 1. The smallest absolute Gasteiger partial charge is 0.0992 e. The summed E-state index contributed by atoms with van der Waals surface area (Å²) in [6, 6.07) is 9.83. The second-order valence-electron chi connectivity index (χ2n) is 6.17. The molecule has 3 nitrogen and oxygen atoms in total. The van der Waals surface area contributed by atoms with Crippen molar-refractivity contribution >= 4 is 0 Å². The fourth-order valence-electron chi connectivity index (χ4n) is 2.55. The summed E-state index contributed by atoms with van der Waals surface area (Å²) < 4.78 is 5.40. The molecule has 0 aliphatic carbocycles. The minimum Gasteiger partial charge on any atom is -0.384 e. The Morgan fingerprint density at radius 3 is 2.53 bits per heavy atom. The molecule has 106 valence electrons. The summed E-state index contributed by atoms with van der Waals surface area (Å²) in [5.41, 5.74) is 0.438. The van der Waals surface area contributed by atoms with Crippen LogP contribution in [0.2, 0.25) is 0 Å². The van der Waals surface area contributed by atoms with Crippen molar-refractivity contribution in [1.29, 1.82) is 0 Å². The van der Waals surface area contributed by atoms with Crippen LogP contribution in [0.25, 0.3) is 0 Å². The van der Waals surface area contributed by atoms with E-state index in [0.29, 0.717) is 12.0 Å². The largest absolute Gasteiger partial charge is 0.384 e. The lowest BCUT2D eigenvalue weighted by molar-refractivity contribution is 0.0161. The van der Waals surface area contributed by atoms with Crippen LogP contribution in [0, 0.1) is 5.41 Å². The Hall–Kier alpha value is -0.900. The Labute approximate surface area is 116 Å². The SMILES string of the molecule is CC1(CNCC(C)(O)c2ccccc2)CCOCC1. The van der Waals surface area contributed by atoms with E-state index in [2.05, 4.69) is 12.2 Å². The van der Waals surface area contributed by atoms with Crippen LogP contribution in [0.15, 0.2) is 30.3 Å².